The first-order valence-corrected chi connectivity index (χ1v) is 9.42. The van der Waals surface area contributed by atoms with E-state index in [2.05, 4.69) is 6.92 Å². The molecule has 4 heteroatoms. The van der Waals surface area contributed by atoms with E-state index in [9.17, 15) is 9.90 Å². The van der Waals surface area contributed by atoms with Gasteiger partial charge in [-0.25, -0.2) is 4.79 Å². The summed E-state index contributed by atoms with van der Waals surface area (Å²) in [4.78, 5) is 12.6. The van der Waals surface area contributed by atoms with Gasteiger partial charge < -0.3 is 14.6 Å². The van der Waals surface area contributed by atoms with Crippen molar-refractivity contribution in [1.82, 2.24) is 0 Å². The Labute approximate surface area is 149 Å². The molecular weight excluding hydrogens is 316 g/mol. The molecule has 1 aliphatic heterocycles. The molecule has 1 fully saturated rings. The molecule has 1 spiro atoms. The highest BCUT2D eigenvalue weighted by molar-refractivity contribution is 5.93. The van der Waals surface area contributed by atoms with E-state index in [4.69, 9.17) is 9.47 Å². The topological polar surface area (TPSA) is 55.8 Å². The van der Waals surface area contributed by atoms with Crippen molar-refractivity contribution in [2.75, 3.05) is 6.61 Å². The Bertz CT molecular complexity index is 629. The van der Waals surface area contributed by atoms with Gasteiger partial charge in [-0.05, 0) is 37.7 Å². The zero-order valence-corrected chi connectivity index (χ0v) is 15.2. The van der Waals surface area contributed by atoms with Gasteiger partial charge in [-0.2, -0.15) is 0 Å². The third-order valence-electron chi connectivity index (χ3n) is 5.40. The molecule has 0 amide bonds. The molecule has 1 aromatic carbocycles. The predicted octanol–water partition coefficient (Wildman–Crippen LogP) is 4.86. The molecule has 4 nitrogen and oxygen atoms in total. The average molecular weight is 344 g/mol. The standard InChI is InChI=1S/C21H28O4/c1-3-14-24-18(16-10-6-4-7-11-16)15(2)17-19(22)21(25-20(17)23)12-8-5-9-13-21/h4,6-7,10-11,15,18,22H,3,5,8-9,12-14H2,1-2H3/t15-,18+/m1/s1. The highest BCUT2D eigenvalue weighted by atomic mass is 16.6. The van der Waals surface area contributed by atoms with Crippen molar-refractivity contribution in [2.24, 2.45) is 5.92 Å². The summed E-state index contributed by atoms with van der Waals surface area (Å²) in [6.07, 6.45) is 5.14. The van der Waals surface area contributed by atoms with Crippen molar-refractivity contribution in [3.8, 4) is 0 Å². The number of aliphatic hydroxyl groups is 1. The number of aliphatic hydroxyl groups excluding tert-OH is 1. The number of benzene rings is 1. The number of hydrogen-bond acceptors (Lipinski definition) is 4. The molecule has 1 N–H and O–H groups in total. The van der Waals surface area contributed by atoms with E-state index in [0.29, 0.717) is 25.0 Å². The van der Waals surface area contributed by atoms with Crippen molar-refractivity contribution >= 4 is 5.97 Å². The Morgan fingerprint density at radius 3 is 2.52 bits per heavy atom. The van der Waals surface area contributed by atoms with Gasteiger partial charge in [0.15, 0.2) is 5.60 Å². The summed E-state index contributed by atoms with van der Waals surface area (Å²) in [7, 11) is 0. The highest BCUT2D eigenvalue weighted by Crippen LogP contribution is 2.46. The molecule has 1 aliphatic carbocycles. The van der Waals surface area contributed by atoms with E-state index in [1.54, 1.807) is 0 Å². The van der Waals surface area contributed by atoms with Crippen molar-refractivity contribution < 1.29 is 19.4 Å². The maximum atomic E-state index is 12.6. The van der Waals surface area contributed by atoms with Crippen LogP contribution in [0.25, 0.3) is 0 Å². The van der Waals surface area contributed by atoms with Gasteiger partial charge in [0.1, 0.15) is 5.76 Å². The van der Waals surface area contributed by atoms with Gasteiger partial charge in [0.25, 0.3) is 0 Å². The molecule has 2 aliphatic rings. The minimum atomic E-state index is -0.787. The molecule has 1 aromatic rings. The summed E-state index contributed by atoms with van der Waals surface area (Å²) in [6, 6.07) is 9.90. The molecule has 136 valence electrons. The second kappa shape index (κ2) is 7.61. The fraction of sp³-hybridized carbons (Fsp3) is 0.571. The van der Waals surface area contributed by atoms with E-state index in [1.807, 2.05) is 37.3 Å². The molecule has 1 heterocycles. The van der Waals surface area contributed by atoms with Crippen LogP contribution in [0.2, 0.25) is 0 Å². The molecule has 0 saturated heterocycles. The molecule has 0 aromatic heterocycles. The number of carbonyl (C=O) groups is 1. The first-order chi connectivity index (χ1) is 12.1. The van der Waals surface area contributed by atoms with Crippen LogP contribution in [-0.2, 0) is 14.3 Å². The van der Waals surface area contributed by atoms with Crippen molar-refractivity contribution in [2.45, 2.75) is 64.1 Å². The summed E-state index contributed by atoms with van der Waals surface area (Å²) in [5, 5.41) is 10.9. The molecule has 1 saturated carbocycles. The summed E-state index contributed by atoms with van der Waals surface area (Å²) >= 11 is 0. The second-order valence-electron chi connectivity index (χ2n) is 7.20. The molecule has 0 unspecified atom stereocenters. The Morgan fingerprint density at radius 1 is 1.20 bits per heavy atom. The quantitative estimate of drug-likeness (QED) is 0.749. The SMILES string of the molecule is CCCO[C@H](c1ccccc1)[C@H](C)C1=C(O)C2(CCCCC2)OC1=O. The summed E-state index contributed by atoms with van der Waals surface area (Å²) in [5.41, 5.74) is 0.623. The molecule has 0 radical (unpaired) electrons. The first kappa shape index (κ1) is 18.0. The lowest BCUT2D eigenvalue weighted by atomic mass is 9.81. The van der Waals surface area contributed by atoms with Gasteiger partial charge in [0.2, 0.25) is 0 Å². The molecule has 3 rings (SSSR count). The van der Waals surface area contributed by atoms with Crippen LogP contribution in [0.5, 0.6) is 0 Å². The normalized spacial score (nSPS) is 22.1. The Hall–Kier alpha value is -1.81. The zero-order valence-electron chi connectivity index (χ0n) is 15.2. The summed E-state index contributed by atoms with van der Waals surface area (Å²) < 4.78 is 11.8. The van der Waals surface area contributed by atoms with E-state index in [0.717, 1.165) is 31.2 Å². The molecule has 25 heavy (non-hydrogen) atoms. The van der Waals surface area contributed by atoms with E-state index >= 15 is 0 Å². The highest BCUT2D eigenvalue weighted by Gasteiger charge is 2.50. The molecular formula is C21H28O4. The number of hydrogen-bond donors (Lipinski definition) is 1. The number of esters is 1. The monoisotopic (exact) mass is 344 g/mol. The van der Waals surface area contributed by atoms with Gasteiger partial charge in [-0.1, -0.05) is 50.6 Å². The van der Waals surface area contributed by atoms with Gasteiger partial charge >= 0.3 is 5.97 Å². The first-order valence-electron chi connectivity index (χ1n) is 9.42. The minimum absolute atomic E-state index is 0.144. The fourth-order valence-electron chi connectivity index (χ4n) is 4.05. The Kier molecular flexibility index (Phi) is 5.48. The van der Waals surface area contributed by atoms with Gasteiger partial charge in [0, 0.05) is 12.5 Å². The predicted molar refractivity (Wildman–Crippen MR) is 96.2 cm³/mol. The van der Waals surface area contributed by atoms with Crippen molar-refractivity contribution in [1.29, 1.82) is 0 Å². The third-order valence-corrected chi connectivity index (χ3v) is 5.40. The summed E-state index contributed by atoms with van der Waals surface area (Å²) in [5.74, 6) is -0.499. The van der Waals surface area contributed by atoms with Gasteiger partial charge in [-0.3, -0.25) is 0 Å². The smallest absolute Gasteiger partial charge is 0.338 e. The maximum Gasteiger partial charge on any atom is 0.338 e. The zero-order chi connectivity index (χ0) is 17.9. The van der Waals surface area contributed by atoms with Crippen LogP contribution in [0.4, 0.5) is 0 Å². The number of ether oxygens (including phenoxy) is 2. The second-order valence-corrected chi connectivity index (χ2v) is 7.20. The molecule has 0 bridgehead atoms. The van der Waals surface area contributed by atoms with Crippen LogP contribution >= 0.6 is 0 Å². The van der Waals surface area contributed by atoms with E-state index in [1.165, 1.54) is 0 Å². The van der Waals surface area contributed by atoms with Gasteiger partial charge in [0.05, 0.1) is 11.7 Å². The van der Waals surface area contributed by atoms with Gasteiger partial charge in [-0.15, -0.1) is 0 Å². The maximum absolute atomic E-state index is 12.6. The lowest BCUT2D eigenvalue weighted by Gasteiger charge is -2.31. The lowest BCUT2D eigenvalue weighted by molar-refractivity contribution is -0.151. The average Bonchev–Trinajstić information content (AvgIpc) is 2.86. The fourth-order valence-corrected chi connectivity index (χ4v) is 4.05. The summed E-state index contributed by atoms with van der Waals surface area (Å²) in [6.45, 7) is 4.62. The van der Waals surface area contributed by atoms with Crippen LogP contribution in [-0.4, -0.2) is 23.3 Å². The van der Waals surface area contributed by atoms with Crippen LogP contribution in [0.1, 0.15) is 64.0 Å². The van der Waals surface area contributed by atoms with Crippen LogP contribution < -0.4 is 0 Å². The largest absolute Gasteiger partial charge is 0.507 e. The minimum Gasteiger partial charge on any atom is -0.507 e. The third kappa shape index (κ3) is 3.45. The van der Waals surface area contributed by atoms with Crippen molar-refractivity contribution in [3.05, 3.63) is 47.2 Å². The van der Waals surface area contributed by atoms with Crippen molar-refractivity contribution in [3.63, 3.8) is 0 Å². The Balaban J connectivity index is 1.92. The van der Waals surface area contributed by atoms with E-state index < -0.39 is 5.60 Å². The molecule has 2 atom stereocenters. The van der Waals surface area contributed by atoms with Crippen LogP contribution in [0.3, 0.4) is 0 Å². The van der Waals surface area contributed by atoms with Crippen LogP contribution in [0, 0.1) is 5.92 Å². The number of rotatable bonds is 6. The Morgan fingerprint density at radius 2 is 1.88 bits per heavy atom. The number of carbonyl (C=O) groups excluding carboxylic acids is 1. The lowest BCUT2D eigenvalue weighted by Crippen LogP contribution is -2.34. The van der Waals surface area contributed by atoms with Crippen LogP contribution in [0.15, 0.2) is 41.7 Å². The van der Waals surface area contributed by atoms with E-state index in [-0.39, 0.29) is 23.8 Å².